The second kappa shape index (κ2) is 8.86. The van der Waals surface area contributed by atoms with Gasteiger partial charge in [0.15, 0.2) is 0 Å². The molecule has 4 N–H and O–H groups in total. The quantitative estimate of drug-likeness (QED) is 0.543. The molecule has 0 fully saturated rings. The van der Waals surface area contributed by atoms with Gasteiger partial charge >= 0.3 is 0 Å². The van der Waals surface area contributed by atoms with Gasteiger partial charge in [-0.3, -0.25) is 9.89 Å². The lowest BCUT2D eigenvalue weighted by molar-refractivity contribution is -0.114. The number of carbonyl (C=O) groups excluding carboxylic acids is 1. The molecule has 2 aromatic carbocycles. The number of hydrogen-bond acceptors (Lipinski definition) is 6. The van der Waals surface area contributed by atoms with E-state index in [4.69, 9.17) is 15.2 Å². The fourth-order valence-corrected chi connectivity index (χ4v) is 3.70. The molecule has 0 unspecified atom stereocenters. The van der Waals surface area contributed by atoms with Crippen LogP contribution in [-0.2, 0) is 4.79 Å². The Hall–Kier alpha value is -4.25. The monoisotopic (exact) mass is 429 g/mol. The number of hydrogen-bond donors (Lipinski definition) is 3. The summed E-state index contributed by atoms with van der Waals surface area (Å²) >= 11 is 0. The molecule has 162 valence electrons. The van der Waals surface area contributed by atoms with E-state index in [1.54, 1.807) is 12.1 Å². The maximum Gasteiger partial charge on any atom is 0.244 e. The van der Waals surface area contributed by atoms with Crippen LogP contribution in [0.2, 0.25) is 0 Å². The summed E-state index contributed by atoms with van der Waals surface area (Å²) in [6, 6.07) is 17.1. The van der Waals surface area contributed by atoms with Gasteiger partial charge in [0.05, 0.1) is 23.8 Å². The van der Waals surface area contributed by atoms with Crippen molar-refractivity contribution >= 4 is 11.6 Å². The van der Waals surface area contributed by atoms with Crippen molar-refractivity contribution in [1.29, 1.82) is 5.26 Å². The van der Waals surface area contributed by atoms with Crippen LogP contribution in [0.15, 0.2) is 60.0 Å². The Morgan fingerprint density at radius 1 is 1.25 bits per heavy atom. The van der Waals surface area contributed by atoms with Gasteiger partial charge in [0, 0.05) is 18.2 Å². The van der Waals surface area contributed by atoms with Gasteiger partial charge in [-0.1, -0.05) is 19.1 Å². The van der Waals surface area contributed by atoms with Gasteiger partial charge in [0.1, 0.15) is 17.4 Å². The van der Waals surface area contributed by atoms with Crippen LogP contribution in [0.3, 0.4) is 0 Å². The molecule has 1 atom stereocenters. The summed E-state index contributed by atoms with van der Waals surface area (Å²) in [6.07, 6.45) is 0.931. The minimum atomic E-state index is -0.472. The Kier molecular flexibility index (Phi) is 5.81. The molecule has 0 bridgehead atoms. The molecule has 1 aliphatic rings. The molecular weight excluding hydrogens is 406 g/mol. The van der Waals surface area contributed by atoms with E-state index in [1.807, 2.05) is 36.4 Å². The standard InChI is InChI=1S/C24H23N5O3/c1-3-12-31-18-10-6-16(7-11-18)22-21-20(15-4-8-17(9-5-15)27-14(2)30)19(13-25)23(26)32-24(21)29-28-22/h4-11,20H,3,12,26H2,1-2H3,(H,27,30)(H,28,29)/t20-/m0/s1. The third-order valence-electron chi connectivity index (χ3n) is 5.12. The smallest absolute Gasteiger partial charge is 0.244 e. The van der Waals surface area contributed by atoms with Crippen molar-refractivity contribution in [3.63, 3.8) is 0 Å². The molecule has 4 rings (SSSR count). The number of carbonyl (C=O) groups is 1. The molecule has 0 aliphatic carbocycles. The number of anilines is 1. The first-order valence-electron chi connectivity index (χ1n) is 10.3. The molecule has 0 spiro atoms. The zero-order chi connectivity index (χ0) is 22.7. The van der Waals surface area contributed by atoms with Gasteiger partial charge in [0.2, 0.25) is 17.7 Å². The SMILES string of the molecule is CCCOc1ccc(-c2[nH]nc3c2[C@@H](c2ccc(NC(C)=O)cc2)C(C#N)=C(N)O3)cc1. The van der Waals surface area contributed by atoms with Gasteiger partial charge in [-0.2, -0.15) is 5.26 Å². The minimum Gasteiger partial charge on any atom is -0.494 e. The highest BCUT2D eigenvalue weighted by Gasteiger charge is 2.35. The Bertz CT molecular complexity index is 1200. The van der Waals surface area contributed by atoms with Crippen LogP contribution in [0.4, 0.5) is 5.69 Å². The number of nitriles is 1. The first-order valence-corrected chi connectivity index (χ1v) is 10.3. The lowest BCUT2D eigenvalue weighted by Crippen LogP contribution is -2.21. The van der Waals surface area contributed by atoms with Crippen LogP contribution < -0.4 is 20.5 Å². The fraction of sp³-hybridized carbons (Fsp3) is 0.208. The number of nitrogens with two attached hydrogens (primary N) is 1. The molecular formula is C24H23N5O3. The van der Waals surface area contributed by atoms with Crippen molar-refractivity contribution in [2.75, 3.05) is 11.9 Å². The zero-order valence-electron chi connectivity index (χ0n) is 17.8. The number of rotatable bonds is 6. The fourth-order valence-electron chi connectivity index (χ4n) is 3.70. The number of fused-ring (bicyclic) bond motifs is 1. The number of allylic oxidation sites excluding steroid dienone is 1. The molecule has 0 radical (unpaired) electrons. The predicted molar refractivity (Wildman–Crippen MR) is 120 cm³/mol. The molecule has 2 heterocycles. The predicted octanol–water partition coefficient (Wildman–Crippen LogP) is 4.04. The molecule has 1 aromatic heterocycles. The van der Waals surface area contributed by atoms with E-state index in [1.165, 1.54) is 6.92 Å². The van der Waals surface area contributed by atoms with Crippen molar-refractivity contribution in [2.45, 2.75) is 26.2 Å². The van der Waals surface area contributed by atoms with Crippen LogP contribution in [0, 0.1) is 11.3 Å². The average Bonchev–Trinajstić information content (AvgIpc) is 3.20. The largest absolute Gasteiger partial charge is 0.494 e. The van der Waals surface area contributed by atoms with E-state index in [9.17, 15) is 10.1 Å². The number of H-pyrrole nitrogens is 1. The Morgan fingerprint density at radius 2 is 1.97 bits per heavy atom. The van der Waals surface area contributed by atoms with Crippen LogP contribution >= 0.6 is 0 Å². The van der Waals surface area contributed by atoms with E-state index >= 15 is 0 Å². The lowest BCUT2D eigenvalue weighted by Gasteiger charge is -2.24. The van der Waals surface area contributed by atoms with Gasteiger partial charge in [-0.05, 0) is 48.4 Å². The number of benzene rings is 2. The van der Waals surface area contributed by atoms with Gasteiger partial charge in [-0.25, -0.2) is 0 Å². The Balaban J connectivity index is 1.76. The van der Waals surface area contributed by atoms with Crippen molar-refractivity contribution in [2.24, 2.45) is 5.73 Å². The Morgan fingerprint density at radius 3 is 2.59 bits per heavy atom. The highest BCUT2D eigenvalue weighted by Crippen LogP contribution is 2.45. The second-order valence-corrected chi connectivity index (χ2v) is 7.42. The molecule has 0 saturated heterocycles. The van der Waals surface area contributed by atoms with Gasteiger partial charge in [0.25, 0.3) is 0 Å². The number of nitrogens with one attached hydrogen (secondary N) is 2. The number of ether oxygens (including phenoxy) is 2. The third-order valence-corrected chi connectivity index (χ3v) is 5.12. The third kappa shape index (κ3) is 4.01. The molecule has 8 heteroatoms. The summed E-state index contributed by atoms with van der Waals surface area (Å²) in [7, 11) is 0. The number of nitrogens with zero attached hydrogens (tertiary/aromatic N) is 2. The molecule has 8 nitrogen and oxygen atoms in total. The minimum absolute atomic E-state index is 0.0253. The number of aromatic amines is 1. The summed E-state index contributed by atoms with van der Waals surface area (Å²) in [5.74, 6) is 0.514. The molecule has 32 heavy (non-hydrogen) atoms. The van der Waals surface area contributed by atoms with Gasteiger partial charge < -0.3 is 20.5 Å². The van der Waals surface area contributed by atoms with Crippen LogP contribution in [-0.4, -0.2) is 22.7 Å². The van der Waals surface area contributed by atoms with E-state index < -0.39 is 5.92 Å². The summed E-state index contributed by atoms with van der Waals surface area (Å²) < 4.78 is 11.3. The highest BCUT2D eigenvalue weighted by atomic mass is 16.5. The topological polar surface area (TPSA) is 126 Å². The molecule has 1 amide bonds. The van der Waals surface area contributed by atoms with Crippen molar-refractivity contribution in [3.8, 4) is 29.0 Å². The van der Waals surface area contributed by atoms with Crippen molar-refractivity contribution < 1.29 is 14.3 Å². The normalized spacial score (nSPS) is 14.8. The summed E-state index contributed by atoms with van der Waals surface area (Å²) in [4.78, 5) is 11.3. The first-order chi connectivity index (χ1) is 15.5. The van der Waals surface area contributed by atoms with Crippen LogP contribution in [0.5, 0.6) is 11.6 Å². The number of amides is 1. The molecule has 3 aromatic rings. The second-order valence-electron chi connectivity index (χ2n) is 7.42. The number of aromatic nitrogens is 2. The summed E-state index contributed by atoms with van der Waals surface area (Å²) in [6.45, 7) is 4.16. The van der Waals surface area contributed by atoms with E-state index in [0.29, 0.717) is 23.7 Å². The van der Waals surface area contributed by atoms with Crippen molar-refractivity contribution in [3.05, 3.63) is 71.1 Å². The lowest BCUT2D eigenvalue weighted by atomic mass is 9.83. The van der Waals surface area contributed by atoms with Crippen LogP contribution in [0.1, 0.15) is 37.3 Å². The summed E-state index contributed by atoms with van der Waals surface area (Å²) in [5.41, 5.74) is 10.2. The maximum absolute atomic E-state index is 11.3. The maximum atomic E-state index is 11.3. The van der Waals surface area contributed by atoms with E-state index in [2.05, 4.69) is 28.5 Å². The first kappa shape index (κ1) is 21.0. The van der Waals surface area contributed by atoms with E-state index in [0.717, 1.165) is 34.6 Å². The van der Waals surface area contributed by atoms with Crippen LogP contribution in [0.25, 0.3) is 11.3 Å². The van der Waals surface area contributed by atoms with Crippen molar-refractivity contribution in [1.82, 2.24) is 10.2 Å². The zero-order valence-corrected chi connectivity index (χ0v) is 17.8. The molecule has 1 aliphatic heterocycles. The highest BCUT2D eigenvalue weighted by molar-refractivity contribution is 5.88. The average molecular weight is 429 g/mol. The summed E-state index contributed by atoms with van der Waals surface area (Å²) in [5, 5.41) is 19.9. The molecule has 0 saturated carbocycles. The van der Waals surface area contributed by atoms with E-state index in [-0.39, 0.29) is 11.8 Å². The Labute approximate surface area is 185 Å². The van der Waals surface area contributed by atoms with Gasteiger partial charge in [-0.15, -0.1) is 5.10 Å².